The van der Waals surface area contributed by atoms with Crippen molar-refractivity contribution in [3.05, 3.63) is 46.9 Å². The van der Waals surface area contributed by atoms with Gasteiger partial charge >= 0.3 is 0 Å². The molecule has 116 valence electrons. The van der Waals surface area contributed by atoms with Gasteiger partial charge in [0.05, 0.1) is 18.2 Å². The van der Waals surface area contributed by atoms with Crippen LogP contribution in [0.1, 0.15) is 32.2 Å². The molecule has 0 unspecified atom stereocenters. The van der Waals surface area contributed by atoms with Crippen molar-refractivity contribution in [2.24, 2.45) is 0 Å². The summed E-state index contributed by atoms with van der Waals surface area (Å²) < 4.78 is 10.2. The number of nitrogens with one attached hydrogen (secondary N) is 2. The second kappa shape index (κ2) is 6.21. The summed E-state index contributed by atoms with van der Waals surface area (Å²) >= 11 is 0. The highest BCUT2D eigenvalue weighted by molar-refractivity contribution is 6.00. The van der Waals surface area contributed by atoms with Gasteiger partial charge in [-0.1, -0.05) is 0 Å². The van der Waals surface area contributed by atoms with E-state index in [0.717, 1.165) is 0 Å². The number of phenolic OH excluding ortho intramolecular Hbond substituents is 1. The number of ether oxygens (including phenoxy) is 1. The summed E-state index contributed by atoms with van der Waals surface area (Å²) in [5, 5.41) is 9.75. The van der Waals surface area contributed by atoms with Crippen LogP contribution in [0, 0.1) is 13.8 Å². The first-order chi connectivity index (χ1) is 10.4. The lowest BCUT2D eigenvalue weighted by Gasteiger charge is -2.09. The molecule has 0 aliphatic heterocycles. The van der Waals surface area contributed by atoms with Crippen LogP contribution in [0.3, 0.4) is 0 Å². The van der Waals surface area contributed by atoms with Gasteiger partial charge in [0, 0.05) is 6.07 Å². The smallest absolute Gasteiger partial charge is 0.273 e. The zero-order valence-electron chi connectivity index (χ0n) is 12.4. The summed E-state index contributed by atoms with van der Waals surface area (Å²) in [7, 11) is 1.45. The lowest BCUT2D eigenvalue weighted by molar-refractivity contribution is 0.0844. The first-order valence-electron chi connectivity index (χ1n) is 6.47. The number of carbonyl (C=O) groups is 2. The van der Waals surface area contributed by atoms with Crippen LogP contribution in [0.15, 0.2) is 28.7 Å². The van der Waals surface area contributed by atoms with Gasteiger partial charge in [-0.05, 0) is 32.0 Å². The lowest BCUT2D eigenvalue weighted by atomic mass is 10.2. The predicted octanol–water partition coefficient (Wildman–Crippen LogP) is 1.69. The molecule has 1 aromatic heterocycles. The summed E-state index contributed by atoms with van der Waals surface area (Å²) in [5.41, 5.74) is 4.84. The van der Waals surface area contributed by atoms with Crippen LogP contribution in [-0.2, 0) is 0 Å². The zero-order chi connectivity index (χ0) is 16.3. The topological polar surface area (TPSA) is 101 Å². The van der Waals surface area contributed by atoms with E-state index >= 15 is 0 Å². The average molecular weight is 304 g/mol. The van der Waals surface area contributed by atoms with Gasteiger partial charge in [-0.3, -0.25) is 20.4 Å². The summed E-state index contributed by atoms with van der Waals surface area (Å²) in [5.74, 6) is 0.0735. The number of hydrogen-bond acceptors (Lipinski definition) is 5. The highest BCUT2D eigenvalue weighted by atomic mass is 16.5. The van der Waals surface area contributed by atoms with E-state index in [1.165, 1.54) is 25.3 Å². The summed E-state index contributed by atoms with van der Waals surface area (Å²) in [4.78, 5) is 23.9. The molecule has 0 aliphatic carbocycles. The van der Waals surface area contributed by atoms with Gasteiger partial charge in [0.2, 0.25) is 0 Å². The number of rotatable bonds is 3. The Morgan fingerprint density at radius 3 is 2.23 bits per heavy atom. The molecule has 0 saturated carbocycles. The summed E-state index contributed by atoms with van der Waals surface area (Å²) in [6.45, 7) is 3.37. The van der Waals surface area contributed by atoms with Crippen molar-refractivity contribution in [3.63, 3.8) is 0 Å². The quantitative estimate of drug-likeness (QED) is 0.749. The Morgan fingerprint density at radius 1 is 1.09 bits per heavy atom. The van der Waals surface area contributed by atoms with E-state index in [-0.39, 0.29) is 11.3 Å². The van der Waals surface area contributed by atoms with E-state index in [1.54, 1.807) is 19.9 Å². The first kappa shape index (κ1) is 15.4. The SMILES string of the molecule is COc1ccc(C(=O)NNC(=O)c2cc(C)oc2C)c(O)c1. The van der Waals surface area contributed by atoms with E-state index < -0.39 is 11.8 Å². The fraction of sp³-hybridized carbons (Fsp3) is 0.200. The van der Waals surface area contributed by atoms with Crippen LogP contribution in [0.4, 0.5) is 0 Å². The second-order valence-electron chi connectivity index (χ2n) is 4.62. The number of carbonyl (C=O) groups excluding carboxylic acids is 2. The minimum atomic E-state index is -0.647. The van der Waals surface area contributed by atoms with Crippen molar-refractivity contribution < 1.29 is 23.8 Å². The van der Waals surface area contributed by atoms with Crippen molar-refractivity contribution in [2.75, 3.05) is 7.11 Å². The molecule has 0 bridgehead atoms. The number of aryl methyl sites for hydroxylation is 2. The lowest BCUT2D eigenvalue weighted by Crippen LogP contribution is -2.41. The standard InChI is InChI=1S/C15H16N2O5/c1-8-6-12(9(2)22-8)15(20)17-16-14(19)11-5-4-10(21-3)7-13(11)18/h4-7,18H,1-3H3,(H,16,19)(H,17,20). The van der Waals surface area contributed by atoms with Crippen molar-refractivity contribution >= 4 is 11.8 Å². The number of furan rings is 1. The third-order valence-electron chi connectivity index (χ3n) is 3.02. The summed E-state index contributed by atoms with van der Waals surface area (Å²) in [6, 6.07) is 5.80. The molecule has 0 fully saturated rings. The van der Waals surface area contributed by atoms with Gasteiger partial charge in [-0.2, -0.15) is 0 Å². The van der Waals surface area contributed by atoms with Crippen molar-refractivity contribution in [2.45, 2.75) is 13.8 Å². The molecule has 0 spiro atoms. The van der Waals surface area contributed by atoms with Crippen LogP contribution in [0.25, 0.3) is 0 Å². The molecule has 1 aromatic carbocycles. The molecule has 0 saturated heterocycles. The van der Waals surface area contributed by atoms with Gasteiger partial charge in [0.1, 0.15) is 23.0 Å². The third kappa shape index (κ3) is 3.20. The average Bonchev–Trinajstić information content (AvgIpc) is 2.83. The maximum atomic E-state index is 11.9. The monoisotopic (exact) mass is 304 g/mol. The normalized spacial score (nSPS) is 10.1. The van der Waals surface area contributed by atoms with Gasteiger partial charge in [0.25, 0.3) is 11.8 Å². The van der Waals surface area contributed by atoms with E-state index in [9.17, 15) is 14.7 Å². The van der Waals surface area contributed by atoms with E-state index in [2.05, 4.69) is 10.9 Å². The van der Waals surface area contributed by atoms with Crippen LogP contribution >= 0.6 is 0 Å². The third-order valence-corrected chi connectivity index (χ3v) is 3.02. The Balaban J connectivity index is 2.04. The Morgan fingerprint density at radius 2 is 1.73 bits per heavy atom. The maximum absolute atomic E-state index is 11.9. The van der Waals surface area contributed by atoms with Gasteiger partial charge in [-0.15, -0.1) is 0 Å². The minimum absolute atomic E-state index is 0.0150. The van der Waals surface area contributed by atoms with Crippen LogP contribution in [-0.4, -0.2) is 24.0 Å². The Kier molecular flexibility index (Phi) is 4.36. The molecule has 7 heteroatoms. The molecule has 22 heavy (non-hydrogen) atoms. The fourth-order valence-corrected chi connectivity index (χ4v) is 1.93. The molecule has 0 aliphatic rings. The maximum Gasteiger partial charge on any atom is 0.273 e. The zero-order valence-corrected chi connectivity index (χ0v) is 12.4. The molecular weight excluding hydrogens is 288 g/mol. The Hall–Kier alpha value is -2.96. The number of amides is 2. The number of hydrogen-bond donors (Lipinski definition) is 3. The largest absolute Gasteiger partial charge is 0.507 e. The molecule has 7 nitrogen and oxygen atoms in total. The summed E-state index contributed by atoms with van der Waals surface area (Å²) in [6.07, 6.45) is 0. The molecule has 0 radical (unpaired) electrons. The number of methoxy groups -OCH3 is 1. The highest BCUT2D eigenvalue weighted by Crippen LogP contribution is 2.23. The van der Waals surface area contributed by atoms with Crippen LogP contribution in [0.2, 0.25) is 0 Å². The molecule has 3 N–H and O–H groups in total. The Labute approximate surface area is 126 Å². The molecular formula is C15H16N2O5. The number of aromatic hydroxyl groups is 1. The van der Waals surface area contributed by atoms with Crippen LogP contribution in [0.5, 0.6) is 11.5 Å². The molecule has 2 rings (SSSR count). The predicted molar refractivity (Wildman–Crippen MR) is 77.8 cm³/mol. The number of hydrazine groups is 1. The number of benzene rings is 1. The van der Waals surface area contributed by atoms with E-state index in [0.29, 0.717) is 22.8 Å². The van der Waals surface area contributed by atoms with E-state index in [4.69, 9.17) is 9.15 Å². The van der Waals surface area contributed by atoms with E-state index in [1.807, 2.05) is 0 Å². The number of phenols is 1. The molecule has 2 aromatic rings. The fourth-order valence-electron chi connectivity index (χ4n) is 1.93. The van der Waals surface area contributed by atoms with Gasteiger partial charge < -0.3 is 14.3 Å². The first-order valence-corrected chi connectivity index (χ1v) is 6.47. The molecule has 2 amide bonds. The minimum Gasteiger partial charge on any atom is -0.507 e. The van der Waals surface area contributed by atoms with Crippen molar-refractivity contribution in [3.8, 4) is 11.5 Å². The van der Waals surface area contributed by atoms with Gasteiger partial charge in [0.15, 0.2) is 0 Å². The van der Waals surface area contributed by atoms with Gasteiger partial charge in [-0.25, -0.2) is 0 Å². The van der Waals surface area contributed by atoms with Crippen LogP contribution < -0.4 is 15.6 Å². The highest BCUT2D eigenvalue weighted by Gasteiger charge is 2.16. The second-order valence-corrected chi connectivity index (χ2v) is 4.62. The molecule has 1 heterocycles. The Bertz CT molecular complexity index is 721. The van der Waals surface area contributed by atoms with Crippen molar-refractivity contribution in [1.29, 1.82) is 0 Å². The molecule has 0 atom stereocenters. The van der Waals surface area contributed by atoms with Crippen molar-refractivity contribution in [1.82, 2.24) is 10.9 Å².